The molecular weight excluding hydrogens is 380 g/mol. The molecule has 3 nitrogen and oxygen atoms in total. The third-order valence-corrected chi connectivity index (χ3v) is 5.52. The molecule has 0 saturated heterocycles. The van der Waals surface area contributed by atoms with Gasteiger partial charge in [0.15, 0.2) is 0 Å². The standard InChI is InChI=1S/C26H40N2O.C2H6/c1-4-7-10-14-21-29-25-18-17-24(22-15-11-12-16-23(22)25)26(27)28(19-9-6-3)20-13-8-5-2;1-2/h11-12,15-18,27H,4-10,13-14,19-21H2,1-3H3;1-2H3. The molecular formula is C28H46N2O. The maximum Gasteiger partial charge on any atom is 0.128 e. The molecule has 0 radical (unpaired) electrons. The number of ether oxygens (including phenoxy) is 1. The Balaban J connectivity index is 0.00000233. The van der Waals surface area contributed by atoms with Crippen LogP contribution in [0.5, 0.6) is 5.75 Å². The van der Waals surface area contributed by atoms with Crippen LogP contribution in [0.3, 0.4) is 0 Å². The first-order valence-electron chi connectivity index (χ1n) is 12.7. The van der Waals surface area contributed by atoms with Crippen LogP contribution in [-0.2, 0) is 0 Å². The third-order valence-electron chi connectivity index (χ3n) is 5.52. The van der Waals surface area contributed by atoms with E-state index in [4.69, 9.17) is 10.1 Å². The molecule has 2 rings (SSSR count). The Morgan fingerprint density at radius 1 is 0.742 bits per heavy atom. The number of rotatable bonds is 14. The summed E-state index contributed by atoms with van der Waals surface area (Å²) in [7, 11) is 0. The summed E-state index contributed by atoms with van der Waals surface area (Å²) in [6.45, 7) is 13.4. The van der Waals surface area contributed by atoms with Crippen LogP contribution in [0, 0.1) is 5.41 Å². The number of hydrogen-bond acceptors (Lipinski definition) is 2. The average Bonchev–Trinajstić information content (AvgIpc) is 2.82. The molecule has 0 aliphatic carbocycles. The fraction of sp³-hybridized carbons (Fsp3) is 0.607. The summed E-state index contributed by atoms with van der Waals surface area (Å²) in [6, 6.07) is 12.5. The largest absolute Gasteiger partial charge is 0.493 e. The maximum atomic E-state index is 8.95. The first-order valence-corrected chi connectivity index (χ1v) is 12.7. The summed E-state index contributed by atoms with van der Waals surface area (Å²) in [5.74, 6) is 1.60. The maximum absolute atomic E-state index is 8.95. The molecule has 2 aromatic rings. The number of nitrogens with zero attached hydrogens (tertiary/aromatic N) is 1. The van der Waals surface area contributed by atoms with E-state index >= 15 is 0 Å². The molecule has 0 spiro atoms. The minimum atomic E-state index is 0.653. The monoisotopic (exact) mass is 426 g/mol. The lowest BCUT2D eigenvalue weighted by atomic mass is 10.0. The van der Waals surface area contributed by atoms with Crippen LogP contribution in [0.25, 0.3) is 10.8 Å². The van der Waals surface area contributed by atoms with Gasteiger partial charge in [-0.3, -0.25) is 5.41 Å². The van der Waals surface area contributed by atoms with Crippen molar-refractivity contribution >= 4 is 16.6 Å². The zero-order chi connectivity index (χ0) is 22.9. The SMILES string of the molecule is CC.CCCCCCOc1ccc(C(=N)N(CCCC)CCCCC)c2ccccc12. The quantitative estimate of drug-likeness (QED) is 0.187. The summed E-state index contributed by atoms with van der Waals surface area (Å²) < 4.78 is 6.12. The van der Waals surface area contributed by atoms with Gasteiger partial charge in [0.1, 0.15) is 11.6 Å². The molecule has 2 aromatic carbocycles. The second-order valence-electron chi connectivity index (χ2n) is 7.96. The number of benzene rings is 2. The Kier molecular flexibility index (Phi) is 14.5. The van der Waals surface area contributed by atoms with Crippen molar-refractivity contribution in [2.75, 3.05) is 19.7 Å². The summed E-state index contributed by atoms with van der Waals surface area (Å²) in [5, 5.41) is 11.2. The Morgan fingerprint density at radius 2 is 1.35 bits per heavy atom. The first-order chi connectivity index (χ1) is 15.2. The molecule has 0 amide bonds. The van der Waals surface area contributed by atoms with E-state index in [9.17, 15) is 0 Å². The highest BCUT2D eigenvalue weighted by atomic mass is 16.5. The fourth-order valence-electron chi connectivity index (χ4n) is 3.72. The molecule has 31 heavy (non-hydrogen) atoms. The normalized spacial score (nSPS) is 10.5. The number of nitrogens with one attached hydrogen (secondary N) is 1. The minimum Gasteiger partial charge on any atom is -0.493 e. The molecule has 0 fully saturated rings. The molecule has 3 heteroatoms. The summed E-state index contributed by atoms with van der Waals surface area (Å²) >= 11 is 0. The smallest absolute Gasteiger partial charge is 0.128 e. The van der Waals surface area contributed by atoms with Gasteiger partial charge in [0.25, 0.3) is 0 Å². The predicted molar refractivity (Wildman–Crippen MR) is 138 cm³/mol. The second kappa shape index (κ2) is 16.6. The van der Waals surface area contributed by atoms with Gasteiger partial charge in [0.2, 0.25) is 0 Å². The highest BCUT2D eigenvalue weighted by Gasteiger charge is 2.16. The van der Waals surface area contributed by atoms with E-state index in [0.717, 1.165) is 67.5 Å². The van der Waals surface area contributed by atoms with Gasteiger partial charge in [-0.05, 0) is 36.8 Å². The molecule has 0 heterocycles. The Hall–Kier alpha value is -2.03. The molecule has 0 aliphatic heterocycles. The van der Waals surface area contributed by atoms with Gasteiger partial charge in [0.05, 0.1) is 6.61 Å². The Bertz CT molecular complexity index is 741. The summed E-state index contributed by atoms with van der Waals surface area (Å²) in [5.41, 5.74) is 1.02. The molecule has 0 saturated carbocycles. The molecule has 0 aromatic heterocycles. The predicted octanol–water partition coefficient (Wildman–Crippen LogP) is 8.44. The van der Waals surface area contributed by atoms with Crippen LogP contribution in [0.2, 0.25) is 0 Å². The lowest BCUT2D eigenvalue weighted by molar-refractivity contribution is 0.308. The minimum absolute atomic E-state index is 0.653. The van der Waals surface area contributed by atoms with Crippen LogP contribution in [0.1, 0.15) is 98.0 Å². The van der Waals surface area contributed by atoms with Crippen molar-refractivity contribution in [1.29, 1.82) is 5.41 Å². The van der Waals surface area contributed by atoms with Crippen molar-refractivity contribution in [1.82, 2.24) is 4.90 Å². The number of hydrogen-bond donors (Lipinski definition) is 1. The zero-order valence-electron chi connectivity index (χ0n) is 20.8. The highest BCUT2D eigenvalue weighted by Crippen LogP contribution is 2.30. The van der Waals surface area contributed by atoms with Crippen molar-refractivity contribution in [3.63, 3.8) is 0 Å². The lowest BCUT2D eigenvalue weighted by Crippen LogP contribution is -2.33. The fourth-order valence-corrected chi connectivity index (χ4v) is 3.72. The number of fused-ring (bicyclic) bond motifs is 1. The van der Waals surface area contributed by atoms with Crippen LogP contribution >= 0.6 is 0 Å². The first kappa shape index (κ1) is 27.0. The summed E-state index contributed by atoms with van der Waals surface area (Å²) in [4.78, 5) is 2.27. The van der Waals surface area contributed by atoms with Gasteiger partial charge in [-0.2, -0.15) is 0 Å². The van der Waals surface area contributed by atoms with Gasteiger partial charge < -0.3 is 9.64 Å². The second-order valence-corrected chi connectivity index (χ2v) is 7.96. The van der Waals surface area contributed by atoms with Crippen molar-refractivity contribution in [3.05, 3.63) is 42.0 Å². The van der Waals surface area contributed by atoms with Crippen LogP contribution in [0.4, 0.5) is 0 Å². The van der Waals surface area contributed by atoms with Crippen LogP contribution < -0.4 is 4.74 Å². The summed E-state index contributed by atoms with van der Waals surface area (Å²) in [6.07, 6.45) is 10.7. The molecule has 174 valence electrons. The van der Waals surface area contributed by atoms with Crippen molar-refractivity contribution in [2.24, 2.45) is 0 Å². The lowest BCUT2D eigenvalue weighted by Gasteiger charge is -2.26. The van der Waals surface area contributed by atoms with Gasteiger partial charge >= 0.3 is 0 Å². The van der Waals surface area contributed by atoms with Crippen molar-refractivity contribution < 1.29 is 4.74 Å². The van der Waals surface area contributed by atoms with E-state index < -0.39 is 0 Å². The zero-order valence-corrected chi connectivity index (χ0v) is 20.8. The van der Waals surface area contributed by atoms with Crippen LogP contribution in [0.15, 0.2) is 36.4 Å². The number of unbranched alkanes of at least 4 members (excludes halogenated alkanes) is 6. The van der Waals surface area contributed by atoms with E-state index in [-0.39, 0.29) is 0 Å². The third kappa shape index (κ3) is 8.93. The Morgan fingerprint density at radius 3 is 2.03 bits per heavy atom. The molecule has 1 N–H and O–H groups in total. The number of amidine groups is 1. The Labute approximate surface area is 191 Å². The molecule has 0 unspecified atom stereocenters. The average molecular weight is 427 g/mol. The topological polar surface area (TPSA) is 36.3 Å². The molecule has 0 atom stereocenters. The van der Waals surface area contributed by atoms with Crippen molar-refractivity contribution in [2.45, 2.75) is 92.4 Å². The van der Waals surface area contributed by atoms with E-state index in [1.807, 2.05) is 13.8 Å². The van der Waals surface area contributed by atoms with Gasteiger partial charge in [-0.25, -0.2) is 0 Å². The van der Waals surface area contributed by atoms with Gasteiger partial charge in [0, 0.05) is 24.0 Å². The molecule has 0 bridgehead atoms. The molecule has 0 aliphatic rings. The highest BCUT2D eigenvalue weighted by molar-refractivity contribution is 6.09. The van der Waals surface area contributed by atoms with E-state index in [1.54, 1.807) is 0 Å². The van der Waals surface area contributed by atoms with Crippen molar-refractivity contribution in [3.8, 4) is 5.75 Å². The van der Waals surface area contributed by atoms with E-state index in [2.05, 4.69) is 62.1 Å². The van der Waals surface area contributed by atoms with Gasteiger partial charge in [-0.1, -0.05) is 97.4 Å². The van der Waals surface area contributed by atoms with Gasteiger partial charge in [-0.15, -0.1) is 0 Å². The van der Waals surface area contributed by atoms with E-state index in [0.29, 0.717) is 5.84 Å². The van der Waals surface area contributed by atoms with E-state index in [1.165, 1.54) is 32.1 Å². The van der Waals surface area contributed by atoms with Crippen LogP contribution in [-0.4, -0.2) is 30.4 Å².